The Kier molecular flexibility index (Phi) is 61.4. The summed E-state index contributed by atoms with van der Waals surface area (Å²) < 4.78 is 8.93. The van der Waals surface area contributed by atoms with Gasteiger partial charge in [-0.3, -0.25) is 33.6 Å². The van der Waals surface area contributed by atoms with Gasteiger partial charge in [-0.2, -0.15) is 0 Å². The SMILES string of the molecule is C.C.C=COC(C)=O.CC(=O)O.CC(=O)OC(C)CC(C(=O)O)C(C)C(=O)O.CC(O)CC(C(=O)O)C(C)C(=O)O.O=C(O)C=CC(=O)O.[Mn].[Mn].[Mn]. The third-order valence-corrected chi connectivity index (χ3v) is 4.79. The number of aliphatic carboxylic acids is 7. The largest absolute Gasteiger partial charge is 0.481 e. The molecule has 0 bridgehead atoms. The standard InChI is InChI=1S/C10H16O6.C8H14O5.C4H4O4.C4H6O2.C2H4O2.2CH4.3Mn/c1-5(16-7(3)11)4-8(10(14)15)6(2)9(12)13;1-4(9)3-6(8(12)13)5(2)7(10)11;5-3(6)1-2-4(7)8;1-3-6-4(2)5;1-2(3)4;;;;;/h5-6,8H,4H2,1-3H3,(H,12,13)(H,14,15);4-6,9H,3H2,1-2H3,(H,10,11)(H,12,13);1-2H,(H,5,6)(H,7,8);3H,1H2,2H3;1H3,(H,3,4);2*1H4;;;. The second-order valence-electron chi connectivity index (χ2n) is 9.19. The Bertz CT molecular complexity index is 1070. The second-order valence-corrected chi connectivity index (χ2v) is 9.19. The van der Waals surface area contributed by atoms with Crippen LogP contribution in [0, 0.1) is 23.7 Å². The van der Waals surface area contributed by atoms with E-state index >= 15 is 0 Å². The number of rotatable bonds is 14. The number of carbonyl (C=O) groups is 9. The van der Waals surface area contributed by atoms with Crippen molar-refractivity contribution in [3.05, 3.63) is 25.0 Å². The zero-order chi connectivity index (χ0) is 38.6. The van der Waals surface area contributed by atoms with Crippen molar-refractivity contribution in [3.63, 3.8) is 0 Å². The number of aliphatic hydroxyl groups is 1. The van der Waals surface area contributed by atoms with E-state index in [0.717, 1.165) is 13.2 Å². The molecule has 3 radical (unpaired) electrons. The Balaban J connectivity index is -0.0000000554. The van der Waals surface area contributed by atoms with Crippen LogP contribution in [0.25, 0.3) is 0 Å². The van der Waals surface area contributed by atoms with E-state index in [1.165, 1.54) is 41.5 Å². The topological polar surface area (TPSA) is 334 Å². The predicted molar refractivity (Wildman–Crippen MR) is 171 cm³/mol. The van der Waals surface area contributed by atoms with Gasteiger partial charge in [0.25, 0.3) is 5.97 Å². The molecule has 0 saturated heterocycles. The Morgan fingerprint density at radius 3 is 1.02 bits per heavy atom. The molecule has 52 heavy (non-hydrogen) atoms. The van der Waals surface area contributed by atoms with Gasteiger partial charge in [0.2, 0.25) is 0 Å². The molecule has 307 valence electrons. The first-order chi connectivity index (χ1) is 21.2. The van der Waals surface area contributed by atoms with Crippen LogP contribution >= 0.6 is 0 Å². The molecule has 0 aromatic heterocycles. The summed E-state index contributed by atoms with van der Waals surface area (Å²) in [5.41, 5.74) is 0. The number of carboxylic acids is 7. The number of carbonyl (C=O) groups excluding carboxylic acids is 2. The molecule has 19 nitrogen and oxygen atoms in total. The summed E-state index contributed by atoms with van der Waals surface area (Å²) >= 11 is 0. The monoisotopic (exact) mass is 881 g/mol. The Labute approximate surface area is 334 Å². The number of hydrogen-bond acceptors (Lipinski definition) is 12. The minimum Gasteiger partial charge on any atom is -0.481 e. The average Bonchev–Trinajstić information content (AvgIpc) is 2.88. The fraction of sp³-hybridized carbons (Fsp3) is 0.567. The summed E-state index contributed by atoms with van der Waals surface area (Å²) in [6.07, 6.45) is 0.751. The Morgan fingerprint density at radius 2 is 0.865 bits per heavy atom. The summed E-state index contributed by atoms with van der Waals surface area (Å²) in [5.74, 6) is -13.0. The van der Waals surface area contributed by atoms with Crippen molar-refractivity contribution in [2.75, 3.05) is 0 Å². The van der Waals surface area contributed by atoms with Gasteiger partial charge in [0, 0.05) is 84.1 Å². The normalized spacial score (nSPS) is 12.0. The Hall–Kier alpha value is -3.77. The molecule has 0 rings (SSSR count). The molecule has 0 saturated carbocycles. The van der Waals surface area contributed by atoms with Gasteiger partial charge < -0.3 is 50.3 Å². The summed E-state index contributed by atoms with van der Waals surface area (Å²) in [4.78, 5) is 91.1. The zero-order valence-corrected chi connectivity index (χ0v) is 31.6. The maximum absolute atomic E-state index is 10.9. The van der Waals surface area contributed by atoms with Crippen molar-refractivity contribution in [2.45, 2.75) is 88.4 Å². The van der Waals surface area contributed by atoms with Crippen LogP contribution in [0.2, 0.25) is 0 Å². The van der Waals surface area contributed by atoms with E-state index < -0.39 is 83.6 Å². The van der Waals surface area contributed by atoms with E-state index in [1.807, 2.05) is 0 Å². The maximum Gasteiger partial charge on any atom is 0.328 e. The van der Waals surface area contributed by atoms with E-state index in [-0.39, 0.29) is 84.9 Å². The van der Waals surface area contributed by atoms with E-state index in [9.17, 15) is 38.4 Å². The summed E-state index contributed by atoms with van der Waals surface area (Å²) in [6, 6.07) is 0. The van der Waals surface area contributed by atoms with Crippen molar-refractivity contribution < 1.29 is 145 Å². The average molecular weight is 882 g/mol. The third kappa shape index (κ3) is 58.4. The second kappa shape index (κ2) is 43.4. The van der Waals surface area contributed by atoms with Crippen LogP contribution in [0.4, 0.5) is 0 Å². The van der Waals surface area contributed by atoms with Crippen LogP contribution < -0.4 is 0 Å². The van der Waals surface area contributed by atoms with Crippen molar-refractivity contribution in [1.82, 2.24) is 0 Å². The zero-order valence-electron chi connectivity index (χ0n) is 28.0. The van der Waals surface area contributed by atoms with Gasteiger partial charge in [-0.1, -0.05) is 35.3 Å². The summed E-state index contributed by atoms with van der Waals surface area (Å²) in [6.45, 7) is 12.4. The Morgan fingerprint density at radius 1 is 0.577 bits per heavy atom. The molecule has 0 aliphatic carbocycles. The molecule has 0 fully saturated rings. The molecule has 0 aliphatic heterocycles. The van der Waals surface area contributed by atoms with Crippen molar-refractivity contribution in [2.24, 2.45) is 23.7 Å². The summed E-state index contributed by atoms with van der Waals surface area (Å²) in [5, 5.41) is 66.8. The molecular formula is C30H52Mn3O19. The van der Waals surface area contributed by atoms with Crippen molar-refractivity contribution in [1.29, 1.82) is 0 Å². The van der Waals surface area contributed by atoms with E-state index in [1.54, 1.807) is 0 Å². The number of esters is 2. The molecule has 0 amide bonds. The van der Waals surface area contributed by atoms with Gasteiger partial charge >= 0.3 is 47.8 Å². The minimum absolute atomic E-state index is 0. The quantitative estimate of drug-likeness (QED) is 0.0538. The van der Waals surface area contributed by atoms with Gasteiger partial charge in [0.05, 0.1) is 42.1 Å². The molecule has 0 spiro atoms. The fourth-order valence-electron chi connectivity index (χ4n) is 2.70. The first-order valence-corrected chi connectivity index (χ1v) is 13.1. The molecule has 0 aliphatic rings. The number of hydrogen-bond donors (Lipinski definition) is 8. The molecule has 6 atom stereocenters. The molecule has 0 aromatic rings. The van der Waals surface area contributed by atoms with Crippen LogP contribution in [0.1, 0.15) is 76.2 Å². The molecule has 0 heterocycles. The molecule has 0 aromatic carbocycles. The van der Waals surface area contributed by atoms with Crippen LogP contribution in [-0.2, 0) is 104 Å². The fourth-order valence-corrected chi connectivity index (χ4v) is 2.70. The van der Waals surface area contributed by atoms with Crippen molar-refractivity contribution in [3.8, 4) is 0 Å². The molecule has 22 heteroatoms. The van der Waals surface area contributed by atoms with E-state index in [0.29, 0.717) is 12.2 Å². The number of aliphatic hydroxyl groups excluding tert-OH is 1. The van der Waals surface area contributed by atoms with E-state index in [4.69, 9.17) is 50.4 Å². The van der Waals surface area contributed by atoms with Crippen LogP contribution in [0.5, 0.6) is 0 Å². The summed E-state index contributed by atoms with van der Waals surface area (Å²) in [7, 11) is 0. The number of ether oxygens (including phenoxy) is 2. The first kappa shape index (κ1) is 73.6. The molecule has 8 N–H and O–H groups in total. The predicted octanol–water partition coefficient (Wildman–Crippen LogP) is 2.69. The van der Waals surface area contributed by atoms with Gasteiger partial charge in [-0.25, -0.2) is 9.59 Å². The van der Waals surface area contributed by atoms with Crippen LogP contribution in [0.15, 0.2) is 25.0 Å². The third-order valence-electron chi connectivity index (χ3n) is 4.79. The maximum atomic E-state index is 10.9. The van der Waals surface area contributed by atoms with Crippen LogP contribution in [-0.4, -0.2) is 107 Å². The first-order valence-electron chi connectivity index (χ1n) is 13.1. The van der Waals surface area contributed by atoms with Gasteiger partial charge in [0.15, 0.2) is 0 Å². The molecular weight excluding hydrogens is 829 g/mol. The number of carboxylic acid groups (broad SMARTS) is 7. The minimum atomic E-state index is -1.26. The van der Waals surface area contributed by atoms with Crippen molar-refractivity contribution >= 4 is 53.7 Å². The molecule has 6 unspecified atom stereocenters. The van der Waals surface area contributed by atoms with Gasteiger partial charge in [0.1, 0.15) is 0 Å². The van der Waals surface area contributed by atoms with E-state index in [2.05, 4.69) is 11.3 Å². The van der Waals surface area contributed by atoms with Gasteiger partial charge in [-0.05, 0) is 26.7 Å². The van der Waals surface area contributed by atoms with Crippen LogP contribution in [0.3, 0.4) is 0 Å². The smallest absolute Gasteiger partial charge is 0.328 e. The van der Waals surface area contributed by atoms with Gasteiger partial charge in [-0.15, -0.1) is 0 Å².